The minimum Gasteiger partial charge on any atom is -0.310 e. The van der Waals surface area contributed by atoms with Crippen LogP contribution in [0.4, 0.5) is 0 Å². The zero-order valence-corrected chi connectivity index (χ0v) is 10.2. The Morgan fingerprint density at radius 2 is 2.12 bits per heavy atom. The van der Waals surface area contributed by atoms with Gasteiger partial charge in [-0.15, -0.1) is 0 Å². The molecule has 1 aliphatic carbocycles. The normalized spacial score (nSPS) is 15.6. The third-order valence-corrected chi connectivity index (χ3v) is 3.06. The summed E-state index contributed by atoms with van der Waals surface area (Å²) in [7, 11) is 0. The molecule has 1 fully saturated rings. The van der Waals surface area contributed by atoms with Crippen molar-refractivity contribution in [3.63, 3.8) is 0 Å². The SMILES string of the molecule is CCC(=Cc1ccc(C#N)cc1)CNC1CC1. The quantitative estimate of drug-likeness (QED) is 0.837. The van der Waals surface area contributed by atoms with E-state index in [0.717, 1.165) is 24.6 Å². The van der Waals surface area contributed by atoms with Crippen molar-refractivity contribution in [2.45, 2.75) is 32.2 Å². The predicted octanol–water partition coefficient (Wildman–Crippen LogP) is 3.10. The number of rotatable bonds is 5. The molecule has 0 unspecified atom stereocenters. The maximum absolute atomic E-state index is 8.73. The maximum Gasteiger partial charge on any atom is 0.0991 e. The highest BCUT2D eigenvalue weighted by Gasteiger charge is 2.19. The van der Waals surface area contributed by atoms with Crippen LogP contribution in [0.5, 0.6) is 0 Å². The molecule has 0 aromatic heterocycles. The lowest BCUT2D eigenvalue weighted by atomic mass is 10.1. The van der Waals surface area contributed by atoms with Gasteiger partial charge in [0.15, 0.2) is 0 Å². The van der Waals surface area contributed by atoms with Gasteiger partial charge in [-0.1, -0.05) is 30.7 Å². The Morgan fingerprint density at radius 3 is 2.65 bits per heavy atom. The molecule has 0 bridgehead atoms. The lowest BCUT2D eigenvalue weighted by molar-refractivity contribution is 0.723. The first kappa shape index (κ1) is 11.9. The fraction of sp³-hybridized carbons (Fsp3) is 0.400. The molecular weight excluding hydrogens is 208 g/mol. The monoisotopic (exact) mass is 226 g/mol. The lowest BCUT2D eigenvalue weighted by Crippen LogP contribution is -2.18. The average Bonchev–Trinajstić information content (AvgIpc) is 3.19. The standard InChI is InChI=1S/C15H18N2/c1-2-12(11-17-15-7-8-15)9-13-3-5-14(10-16)6-4-13/h3-6,9,15,17H,2,7-8,11H2,1H3. The fourth-order valence-electron chi connectivity index (χ4n) is 1.73. The first-order chi connectivity index (χ1) is 8.31. The molecule has 0 aliphatic heterocycles. The minimum atomic E-state index is 0.719. The molecule has 1 aromatic carbocycles. The van der Waals surface area contributed by atoms with Crippen LogP contribution < -0.4 is 5.32 Å². The third-order valence-electron chi connectivity index (χ3n) is 3.06. The van der Waals surface area contributed by atoms with Crippen molar-refractivity contribution in [2.24, 2.45) is 0 Å². The molecule has 1 N–H and O–H groups in total. The Labute approximate surface area is 103 Å². The van der Waals surface area contributed by atoms with Gasteiger partial charge in [0.05, 0.1) is 11.6 Å². The van der Waals surface area contributed by atoms with Crippen LogP contribution in [-0.4, -0.2) is 12.6 Å². The third kappa shape index (κ3) is 3.72. The fourth-order valence-corrected chi connectivity index (χ4v) is 1.73. The highest BCUT2D eigenvalue weighted by molar-refractivity contribution is 5.54. The Morgan fingerprint density at radius 1 is 1.41 bits per heavy atom. The summed E-state index contributed by atoms with van der Waals surface area (Å²) in [5, 5.41) is 12.3. The molecule has 1 saturated carbocycles. The number of nitrogens with zero attached hydrogens (tertiary/aromatic N) is 1. The number of hydrogen-bond donors (Lipinski definition) is 1. The van der Waals surface area contributed by atoms with Gasteiger partial charge in [0.1, 0.15) is 0 Å². The summed E-state index contributed by atoms with van der Waals surface area (Å²) in [5.74, 6) is 0. The minimum absolute atomic E-state index is 0.719. The smallest absolute Gasteiger partial charge is 0.0991 e. The summed E-state index contributed by atoms with van der Waals surface area (Å²) in [5.41, 5.74) is 3.32. The average molecular weight is 226 g/mol. The molecule has 17 heavy (non-hydrogen) atoms. The molecule has 2 rings (SSSR count). The molecule has 0 spiro atoms. The van der Waals surface area contributed by atoms with Crippen LogP contribution in [0, 0.1) is 11.3 Å². The number of nitrogens with one attached hydrogen (secondary N) is 1. The zero-order valence-electron chi connectivity index (χ0n) is 10.2. The lowest BCUT2D eigenvalue weighted by Gasteiger charge is -2.06. The molecule has 2 heteroatoms. The van der Waals surface area contributed by atoms with Crippen LogP contribution in [0.2, 0.25) is 0 Å². The highest BCUT2D eigenvalue weighted by atomic mass is 14.9. The molecule has 2 nitrogen and oxygen atoms in total. The molecule has 0 heterocycles. The van der Waals surface area contributed by atoms with E-state index in [2.05, 4.69) is 24.4 Å². The Balaban J connectivity index is 2.00. The Bertz CT molecular complexity index is 433. The number of nitriles is 1. The molecule has 0 atom stereocenters. The van der Waals surface area contributed by atoms with E-state index >= 15 is 0 Å². The summed E-state index contributed by atoms with van der Waals surface area (Å²) in [6.45, 7) is 3.17. The molecule has 0 saturated heterocycles. The van der Waals surface area contributed by atoms with E-state index < -0.39 is 0 Å². The maximum atomic E-state index is 8.73. The first-order valence-corrected chi connectivity index (χ1v) is 6.25. The summed E-state index contributed by atoms with van der Waals surface area (Å²) in [4.78, 5) is 0. The number of benzene rings is 1. The van der Waals surface area contributed by atoms with Gasteiger partial charge in [0.25, 0.3) is 0 Å². The van der Waals surface area contributed by atoms with Crippen molar-refractivity contribution < 1.29 is 0 Å². The van der Waals surface area contributed by atoms with E-state index in [9.17, 15) is 0 Å². The molecule has 88 valence electrons. The Hall–Kier alpha value is -1.59. The molecular formula is C15H18N2. The summed E-state index contributed by atoms with van der Waals surface area (Å²) in [6.07, 6.45) is 5.94. The second-order valence-corrected chi connectivity index (χ2v) is 4.55. The van der Waals surface area contributed by atoms with E-state index in [-0.39, 0.29) is 0 Å². The Kier molecular flexibility index (Phi) is 3.95. The van der Waals surface area contributed by atoms with Crippen molar-refractivity contribution in [1.82, 2.24) is 5.32 Å². The molecule has 1 aliphatic rings. The van der Waals surface area contributed by atoms with Gasteiger partial charge in [-0.05, 0) is 37.0 Å². The first-order valence-electron chi connectivity index (χ1n) is 6.25. The second kappa shape index (κ2) is 5.65. The van der Waals surface area contributed by atoms with Gasteiger partial charge >= 0.3 is 0 Å². The number of hydrogen-bond acceptors (Lipinski definition) is 2. The van der Waals surface area contributed by atoms with Crippen molar-refractivity contribution >= 4 is 6.08 Å². The van der Waals surface area contributed by atoms with E-state index in [1.54, 1.807) is 0 Å². The van der Waals surface area contributed by atoms with Crippen LogP contribution in [0.1, 0.15) is 37.3 Å². The summed E-state index contributed by atoms with van der Waals surface area (Å²) >= 11 is 0. The van der Waals surface area contributed by atoms with Crippen LogP contribution in [-0.2, 0) is 0 Å². The van der Waals surface area contributed by atoms with Crippen molar-refractivity contribution in [3.05, 3.63) is 41.0 Å². The largest absolute Gasteiger partial charge is 0.310 e. The van der Waals surface area contributed by atoms with E-state index in [0.29, 0.717) is 0 Å². The van der Waals surface area contributed by atoms with Crippen molar-refractivity contribution in [3.8, 4) is 6.07 Å². The van der Waals surface area contributed by atoms with Gasteiger partial charge in [-0.2, -0.15) is 5.26 Å². The van der Waals surface area contributed by atoms with Gasteiger partial charge in [0, 0.05) is 12.6 Å². The van der Waals surface area contributed by atoms with Crippen LogP contribution in [0.3, 0.4) is 0 Å². The highest BCUT2D eigenvalue weighted by Crippen LogP contribution is 2.19. The molecule has 1 aromatic rings. The van der Waals surface area contributed by atoms with Gasteiger partial charge in [-0.3, -0.25) is 0 Å². The van der Waals surface area contributed by atoms with Crippen molar-refractivity contribution in [1.29, 1.82) is 5.26 Å². The van der Waals surface area contributed by atoms with E-state index in [4.69, 9.17) is 5.26 Å². The zero-order chi connectivity index (χ0) is 12.1. The summed E-state index contributed by atoms with van der Waals surface area (Å²) in [6, 6.07) is 10.6. The molecule has 0 radical (unpaired) electrons. The van der Waals surface area contributed by atoms with Crippen molar-refractivity contribution in [2.75, 3.05) is 6.54 Å². The summed E-state index contributed by atoms with van der Waals surface area (Å²) < 4.78 is 0. The van der Waals surface area contributed by atoms with E-state index in [1.165, 1.54) is 24.0 Å². The van der Waals surface area contributed by atoms with Crippen LogP contribution >= 0.6 is 0 Å². The second-order valence-electron chi connectivity index (χ2n) is 4.55. The van der Waals surface area contributed by atoms with Gasteiger partial charge < -0.3 is 5.32 Å². The van der Waals surface area contributed by atoms with Gasteiger partial charge in [-0.25, -0.2) is 0 Å². The predicted molar refractivity (Wildman–Crippen MR) is 70.4 cm³/mol. The van der Waals surface area contributed by atoms with Crippen LogP contribution in [0.25, 0.3) is 6.08 Å². The van der Waals surface area contributed by atoms with E-state index in [1.807, 2.05) is 24.3 Å². The topological polar surface area (TPSA) is 35.8 Å². The van der Waals surface area contributed by atoms with Crippen LogP contribution in [0.15, 0.2) is 29.8 Å². The molecule has 0 amide bonds. The van der Waals surface area contributed by atoms with Gasteiger partial charge in [0.2, 0.25) is 0 Å².